The molecule has 4 heteroatoms. The fourth-order valence-electron chi connectivity index (χ4n) is 2.43. The first-order valence-corrected chi connectivity index (χ1v) is 7.06. The predicted octanol–water partition coefficient (Wildman–Crippen LogP) is 3.60. The molecule has 3 rings (SSSR count). The van der Waals surface area contributed by atoms with E-state index in [1.165, 1.54) is 5.56 Å². The molecular weight excluding hydrogens is 316 g/mol. The fourth-order valence-corrected chi connectivity index (χ4v) is 2.79. The Kier molecular flexibility index (Phi) is 3.29. The van der Waals surface area contributed by atoms with Crippen LogP contribution in [0.3, 0.4) is 0 Å². The second kappa shape index (κ2) is 5.10. The van der Waals surface area contributed by atoms with E-state index in [0.717, 1.165) is 16.5 Å². The van der Waals surface area contributed by atoms with E-state index in [1.807, 2.05) is 24.3 Å². The van der Waals surface area contributed by atoms with Crippen molar-refractivity contribution in [3.05, 3.63) is 63.6 Å². The van der Waals surface area contributed by atoms with Crippen LogP contribution in [0.2, 0.25) is 0 Å². The molecule has 1 atom stereocenters. The average Bonchev–Trinajstić information content (AvgIpc) is 2.40. The zero-order chi connectivity index (χ0) is 14.1. The molecule has 1 amide bonds. The number of nitriles is 1. The second-order valence-electron chi connectivity index (χ2n) is 4.75. The van der Waals surface area contributed by atoms with Crippen molar-refractivity contribution < 1.29 is 4.79 Å². The molecule has 1 aliphatic carbocycles. The average molecular weight is 327 g/mol. The van der Waals surface area contributed by atoms with Crippen molar-refractivity contribution in [1.29, 1.82) is 5.26 Å². The number of rotatable bonds is 2. The van der Waals surface area contributed by atoms with E-state index in [2.05, 4.69) is 27.3 Å². The van der Waals surface area contributed by atoms with Gasteiger partial charge in [0.25, 0.3) is 0 Å². The lowest BCUT2D eigenvalue weighted by Crippen LogP contribution is -2.30. The highest BCUT2D eigenvalue weighted by Gasteiger charge is 2.31. The summed E-state index contributed by atoms with van der Waals surface area (Å²) in [5.74, 6) is -0.171. The van der Waals surface area contributed by atoms with Crippen molar-refractivity contribution in [2.75, 3.05) is 5.32 Å². The predicted molar refractivity (Wildman–Crippen MR) is 80.4 cm³/mol. The molecule has 1 unspecified atom stereocenters. The summed E-state index contributed by atoms with van der Waals surface area (Å²) < 4.78 is 0.834. The molecule has 1 N–H and O–H groups in total. The third-order valence-electron chi connectivity index (χ3n) is 3.53. The molecule has 0 fully saturated rings. The summed E-state index contributed by atoms with van der Waals surface area (Å²) in [6, 6.07) is 15.3. The van der Waals surface area contributed by atoms with Crippen molar-refractivity contribution >= 4 is 27.5 Å². The Hall–Kier alpha value is -2.12. The number of carbonyl (C=O) groups excluding carboxylic acids is 1. The molecular formula is C16H11BrN2O. The van der Waals surface area contributed by atoms with Crippen LogP contribution in [0.15, 0.2) is 46.9 Å². The molecule has 20 heavy (non-hydrogen) atoms. The van der Waals surface area contributed by atoms with Crippen LogP contribution >= 0.6 is 15.9 Å². The molecule has 98 valence electrons. The zero-order valence-corrected chi connectivity index (χ0v) is 12.1. The SMILES string of the molecule is N#Cc1ccc(Br)cc1NC(=O)C1Cc2ccccc21. The van der Waals surface area contributed by atoms with E-state index < -0.39 is 0 Å². The normalized spacial score (nSPS) is 15.7. The van der Waals surface area contributed by atoms with Crippen molar-refractivity contribution in [3.8, 4) is 6.07 Å². The minimum absolute atomic E-state index is 0.0571. The maximum atomic E-state index is 12.3. The van der Waals surface area contributed by atoms with E-state index in [4.69, 9.17) is 5.26 Å². The summed E-state index contributed by atoms with van der Waals surface area (Å²) in [6.45, 7) is 0. The van der Waals surface area contributed by atoms with Gasteiger partial charge in [-0.3, -0.25) is 4.79 Å². The topological polar surface area (TPSA) is 52.9 Å². The summed E-state index contributed by atoms with van der Waals surface area (Å²) in [5.41, 5.74) is 3.33. The van der Waals surface area contributed by atoms with Gasteiger partial charge in [0, 0.05) is 4.47 Å². The first kappa shape index (κ1) is 12.9. The monoisotopic (exact) mass is 326 g/mol. The van der Waals surface area contributed by atoms with Crippen LogP contribution in [0, 0.1) is 11.3 Å². The standard InChI is InChI=1S/C16H11BrN2O/c17-12-6-5-11(9-18)15(8-12)19-16(20)14-7-10-3-1-2-4-13(10)14/h1-6,8,14H,7H2,(H,19,20). The van der Waals surface area contributed by atoms with Gasteiger partial charge in [0.2, 0.25) is 5.91 Å². The number of carbonyl (C=O) groups is 1. The van der Waals surface area contributed by atoms with Gasteiger partial charge < -0.3 is 5.32 Å². The Bertz CT molecular complexity index is 733. The van der Waals surface area contributed by atoms with Crippen LogP contribution < -0.4 is 5.32 Å². The number of halogens is 1. The second-order valence-corrected chi connectivity index (χ2v) is 5.66. The highest BCUT2D eigenvalue weighted by Crippen LogP contribution is 2.36. The minimum Gasteiger partial charge on any atom is -0.324 e. The number of hydrogen-bond donors (Lipinski definition) is 1. The number of nitrogens with zero attached hydrogens (tertiary/aromatic N) is 1. The lowest BCUT2D eigenvalue weighted by atomic mass is 9.77. The van der Waals surface area contributed by atoms with Crippen LogP contribution in [0.5, 0.6) is 0 Å². The van der Waals surface area contributed by atoms with E-state index in [9.17, 15) is 4.79 Å². The first-order chi connectivity index (χ1) is 9.69. The Balaban J connectivity index is 1.82. The van der Waals surface area contributed by atoms with Gasteiger partial charge in [0.15, 0.2) is 0 Å². The van der Waals surface area contributed by atoms with Gasteiger partial charge >= 0.3 is 0 Å². The Morgan fingerprint density at radius 1 is 1.30 bits per heavy atom. The summed E-state index contributed by atoms with van der Waals surface area (Å²) in [7, 11) is 0. The lowest BCUT2D eigenvalue weighted by Gasteiger charge is -2.29. The summed E-state index contributed by atoms with van der Waals surface area (Å²) >= 11 is 3.35. The molecule has 0 saturated carbocycles. The van der Waals surface area contributed by atoms with Gasteiger partial charge in [-0.15, -0.1) is 0 Å². The number of nitrogens with one attached hydrogen (secondary N) is 1. The van der Waals surface area contributed by atoms with Gasteiger partial charge in [-0.05, 0) is 35.7 Å². The molecule has 2 aromatic rings. The molecule has 0 radical (unpaired) electrons. The summed E-state index contributed by atoms with van der Waals surface area (Å²) in [4.78, 5) is 12.3. The molecule has 0 aliphatic heterocycles. The summed E-state index contributed by atoms with van der Waals surface area (Å²) in [5, 5.41) is 11.9. The molecule has 1 aliphatic rings. The molecule has 0 heterocycles. The highest BCUT2D eigenvalue weighted by molar-refractivity contribution is 9.10. The molecule has 3 nitrogen and oxygen atoms in total. The van der Waals surface area contributed by atoms with E-state index in [-0.39, 0.29) is 11.8 Å². The van der Waals surface area contributed by atoms with Crippen molar-refractivity contribution in [3.63, 3.8) is 0 Å². The largest absolute Gasteiger partial charge is 0.324 e. The van der Waals surface area contributed by atoms with E-state index >= 15 is 0 Å². The number of anilines is 1. The zero-order valence-electron chi connectivity index (χ0n) is 10.6. The van der Waals surface area contributed by atoms with Crippen LogP contribution in [0.4, 0.5) is 5.69 Å². The van der Waals surface area contributed by atoms with Gasteiger partial charge in [-0.2, -0.15) is 5.26 Å². The number of amides is 1. The van der Waals surface area contributed by atoms with Gasteiger partial charge in [-0.25, -0.2) is 0 Å². The van der Waals surface area contributed by atoms with Crippen molar-refractivity contribution in [2.45, 2.75) is 12.3 Å². The third kappa shape index (κ3) is 2.21. The lowest BCUT2D eigenvalue weighted by molar-refractivity contribution is -0.118. The minimum atomic E-state index is -0.114. The van der Waals surface area contributed by atoms with E-state index in [0.29, 0.717) is 11.3 Å². The molecule has 0 spiro atoms. The highest BCUT2D eigenvalue weighted by atomic mass is 79.9. The van der Waals surface area contributed by atoms with Crippen LogP contribution in [-0.4, -0.2) is 5.91 Å². The smallest absolute Gasteiger partial charge is 0.232 e. The number of fused-ring (bicyclic) bond motifs is 1. The number of hydrogen-bond acceptors (Lipinski definition) is 2. The van der Waals surface area contributed by atoms with Gasteiger partial charge in [0.05, 0.1) is 17.2 Å². The quantitative estimate of drug-likeness (QED) is 0.916. The molecule has 0 saturated heterocycles. The van der Waals surface area contributed by atoms with Gasteiger partial charge in [0.1, 0.15) is 6.07 Å². The van der Waals surface area contributed by atoms with Gasteiger partial charge in [-0.1, -0.05) is 40.2 Å². The first-order valence-electron chi connectivity index (χ1n) is 6.27. The molecule has 0 aromatic heterocycles. The Labute approximate surface area is 125 Å². The van der Waals surface area contributed by atoms with Crippen molar-refractivity contribution in [2.24, 2.45) is 0 Å². The van der Waals surface area contributed by atoms with Crippen molar-refractivity contribution in [1.82, 2.24) is 0 Å². The van der Waals surface area contributed by atoms with Crippen LogP contribution in [-0.2, 0) is 11.2 Å². The number of benzene rings is 2. The third-order valence-corrected chi connectivity index (χ3v) is 4.02. The molecule has 0 bridgehead atoms. The fraction of sp³-hybridized carbons (Fsp3) is 0.125. The molecule has 2 aromatic carbocycles. The van der Waals surface area contributed by atoms with Crippen LogP contribution in [0.1, 0.15) is 22.6 Å². The van der Waals surface area contributed by atoms with Crippen LogP contribution in [0.25, 0.3) is 0 Å². The maximum Gasteiger partial charge on any atom is 0.232 e. The van der Waals surface area contributed by atoms with E-state index in [1.54, 1.807) is 18.2 Å². The Morgan fingerprint density at radius 2 is 2.10 bits per heavy atom. The summed E-state index contributed by atoms with van der Waals surface area (Å²) in [6.07, 6.45) is 0.762. The maximum absolute atomic E-state index is 12.3. The Morgan fingerprint density at radius 3 is 2.85 bits per heavy atom.